The van der Waals surface area contributed by atoms with E-state index >= 15 is 0 Å². The van der Waals surface area contributed by atoms with Crippen LogP contribution in [0.2, 0.25) is 0 Å². The zero-order valence-electron chi connectivity index (χ0n) is 20.4. The van der Waals surface area contributed by atoms with E-state index in [2.05, 4.69) is 4.98 Å². The maximum Gasteiger partial charge on any atom is 0.296 e. The molecule has 0 aliphatic carbocycles. The summed E-state index contributed by atoms with van der Waals surface area (Å²) in [6.07, 6.45) is 1.63. The second-order valence-electron chi connectivity index (χ2n) is 8.05. The minimum Gasteiger partial charge on any atom is -0.507 e. The number of ketones is 1. The molecule has 0 bridgehead atoms. The van der Waals surface area contributed by atoms with Crippen LogP contribution < -0.4 is 14.2 Å². The van der Waals surface area contributed by atoms with Crippen molar-refractivity contribution in [2.45, 2.75) is 26.4 Å². The molecule has 1 unspecified atom stereocenters. The number of aliphatic hydroxyl groups is 1. The molecule has 0 radical (unpaired) electrons. The normalized spacial score (nSPS) is 16.8. The lowest BCUT2D eigenvalue weighted by Crippen LogP contribution is -2.29. The third kappa shape index (κ3) is 4.88. The molecule has 186 valence electrons. The molecular weight excluding hydrogens is 460 g/mol. The second kappa shape index (κ2) is 10.9. The number of carbonyl (C=O) groups excluding carboxylic acids is 2. The molecule has 1 atom stereocenters. The Kier molecular flexibility index (Phi) is 7.53. The molecule has 1 saturated heterocycles. The number of methoxy groups -OCH3 is 1. The maximum absolute atomic E-state index is 13.4. The molecule has 1 N–H and O–H groups in total. The standard InChI is InChI=1S/C28H28N2O6/c1-4-35-21-12-13-22(23(16-21)36-5-2)26(31)24-25(18-9-8-11-20(15-18)34-3)30(28(33)27(24)32)17-19-10-6-7-14-29-19/h6-16,25,31H,4-5,17H2,1-3H3/b26-24-. The van der Waals surface area contributed by atoms with Crippen LogP contribution in [0, 0.1) is 0 Å². The number of amides is 1. The first kappa shape index (κ1) is 24.8. The molecular formula is C28H28N2O6. The van der Waals surface area contributed by atoms with E-state index < -0.39 is 17.7 Å². The molecule has 1 aliphatic rings. The Morgan fingerprint density at radius 3 is 2.47 bits per heavy atom. The number of pyridine rings is 1. The fourth-order valence-electron chi connectivity index (χ4n) is 4.24. The van der Waals surface area contributed by atoms with E-state index in [1.807, 2.05) is 19.9 Å². The van der Waals surface area contributed by atoms with E-state index in [-0.39, 0.29) is 17.9 Å². The highest BCUT2D eigenvalue weighted by atomic mass is 16.5. The SMILES string of the molecule is CCOc1ccc(/C(O)=C2/C(=O)C(=O)N(Cc3ccccn3)C2c2cccc(OC)c2)c(OCC)c1. The first-order chi connectivity index (χ1) is 17.5. The Morgan fingerprint density at radius 2 is 1.78 bits per heavy atom. The number of nitrogens with zero attached hydrogens (tertiary/aromatic N) is 2. The minimum absolute atomic E-state index is 0.0331. The van der Waals surface area contributed by atoms with E-state index in [0.717, 1.165) is 0 Å². The van der Waals surface area contributed by atoms with Crippen LogP contribution in [-0.2, 0) is 16.1 Å². The highest BCUT2D eigenvalue weighted by Gasteiger charge is 2.46. The lowest BCUT2D eigenvalue weighted by molar-refractivity contribution is -0.140. The number of likely N-dealkylation sites (tertiary alicyclic amines) is 1. The van der Waals surface area contributed by atoms with Gasteiger partial charge in [0.2, 0.25) is 0 Å². The Labute approximate surface area is 209 Å². The van der Waals surface area contributed by atoms with Crippen molar-refractivity contribution in [3.8, 4) is 17.2 Å². The summed E-state index contributed by atoms with van der Waals surface area (Å²) in [5, 5.41) is 11.5. The highest BCUT2D eigenvalue weighted by Crippen LogP contribution is 2.42. The summed E-state index contributed by atoms with van der Waals surface area (Å²) < 4.78 is 16.7. The van der Waals surface area contributed by atoms with Gasteiger partial charge in [-0.3, -0.25) is 14.6 Å². The zero-order valence-corrected chi connectivity index (χ0v) is 20.4. The van der Waals surface area contributed by atoms with E-state index in [1.54, 1.807) is 60.8 Å². The smallest absolute Gasteiger partial charge is 0.296 e. The van der Waals surface area contributed by atoms with Gasteiger partial charge in [0.15, 0.2) is 0 Å². The van der Waals surface area contributed by atoms with Crippen molar-refractivity contribution < 1.29 is 28.9 Å². The molecule has 2 heterocycles. The highest BCUT2D eigenvalue weighted by molar-refractivity contribution is 6.46. The number of carbonyl (C=O) groups is 2. The topological polar surface area (TPSA) is 98.2 Å². The summed E-state index contributed by atoms with van der Waals surface area (Å²) in [5.41, 5.74) is 1.50. The molecule has 1 aliphatic heterocycles. The predicted molar refractivity (Wildman–Crippen MR) is 134 cm³/mol. The number of ether oxygens (including phenoxy) is 3. The summed E-state index contributed by atoms with van der Waals surface area (Å²) in [6.45, 7) is 4.57. The first-order valence-electron chi connectivity index (χ1n) is 11.7. The van der Waals surface area contributed by atoms with Crippen LogP contribution in [-0.4, -0.2) is 47.0 Å². The van der Waals surface area contributed by atoms with Crippen LogP contribution in [0.25, 0.3) is 5.76 Å². The maximum atomic E-state index is 13.4. The van der Waals surface area contributed by atoms with Gasteiger partial charge < -0.3 is 24.2 Å². The molecule has 0 spiro atoms. The van der Waals surface area contributed by atoms with Crippen LogP contribution in [0.1, 0.15) is 36.7 Å². The molecule has 8 heteroatoms. The van der Waals surface area contributed by atoms with Crippen molar-refractivity contribution in [3.05, 3.63) is 89.3 Å². The summed E-state index contributed by atoms with van der Waals surface area (Å²) in [4.78, 5) is 32.4. The number of Topliss-reactive ketones (excluding diaryl/α,β-unsaturated/α-hetero) is 1. The third-order valence-corrected chi connectivity index (χ3v) is 5.83. The summed E-state index contributed by atoms with van der Waals surface area (Å²) >= 11 is 0. The van der Waals surface area contributed by atoms with Crippen LogP contribution >= 0.6 is 0 Å². The molecule has 0 saturated carbocycles. The van der Waals surface area contributed by atoms with Gasteiger partial charge in [-0.1, -0.05) is 18.2 Å². The van der Waals surface area contributed by atoms with Crippen molar-refractivity contribution in [2.24, 2.45) is 0 Å². The zero-order chi connectivity index (χ0) is 25.7. The van der Waals surface area contributed by atoms with Crippen molar-refractivity contribution in [2.75, 3.05) is 20.3 Å². The van der Waals surface area contributed by atoms with Gasteiger partial charge in [0.25, 0.3) is 11.7 Å². The van der Waals surface area contributed by atoms with Crippen molar-refractivity contribution in [1.29, 1.82) is 0 Å². The first-order valence-corrected chi connectivity index (χ1v) is 11.7. The third-order valence-electron chi connectivity index (χ3n) is 5.83. The molecule has 2 aromatic carbocycles. The Bertz CT molecular complexity index is 1290. The fourth-order valence-corrected chi connectivity index (χ4v) is 4.24. The van der Waals surface area contributed by atoms with Gasteiger partial charge in [-0.2, -0.15) is 0 Å². The van der Waals surface area contributed by atoms with Gasteiger partial charge in [-0.05, 0) is 55.8 Å². The van der Waals surface area contributed by atoms with Crippen LogP contribution in [0.5, 0.6) is 17.2 Å². The van der Waals surface area contributed by atoms with Gasteiger partial charge in [0.05, 0.1) is 49.7 Å². The molecule has 1 fully saturated rings. The monoisotopic (exact) mass is 488 g/mol. The van der Waals surface area contributed by atoms with E-state index in [9.17, 15) is 14.7 Å². The number of aromatic nitrogens is 1. The van der Waals surface area contributed by atoms with Gasteiger partial charge in [0, 0.05) is 12.3 Å². The van der Waals surface area contributed by atoms with Crippen LogP contribution in [0.4, 0.5) is 0 Å². The van der Waals surface area contributed by atoms with Crippen LogP contribution in [0.3, 0.4) is 0 Å². The molecule has 1 amide bonds. The lowest BCUT2D eigenvalue weighted by atomic mass is 9.94. The summed E-state index contributed by atoms with van der Waals surface area (Å²) in [6, 6.07) is 16.6. The van der Waals surface area contributed by atoms with Gasteiger partial charge in [-0.15, -0.1) is 0 Å². The summed E-state index contributed by atoms with van der Waals surface area (Å²) in [5.74, 6) is -0.353. The molecule has 36 heavy (non-hydrogen) atoms. The van der Waals surface area contributed by atoms with Gasteiger partial charge >= 0.3 is 0 Å². The summed E-state index contributed by atoms with van der Waals surface area (Å²) in [7, 11) is 1.54. The number of aliphatic hydroxyl groups excluding tert-OH is 1. The fraction of sp³-hybridized carbons (Fsp3) is 0.250. The molecule has 4 rings (SSSR count). The van der Waals surface area contributed by atoms with Crippen molar-refractivity contribution >= 4 is 17.4 Å². The van der Waals surface area contributed by atoms with Crippen molar-refractivity contribution in [1.82, 2.24) is 9.88 Å². The van der Waals surface area contributed by atoms with E-state index in [1.165, 1.54) is 12.0 Å². The van der Waals surface area contributed by atoms with E-state index in [0.29, 0.717) is 47.3 Å². The number of benzene rings is 2. The van der Waals surface area contributed by atoms with Crippen LogP contribution in [0.15, 0.2) is 72.4 Å². The lowest BCUT2D eigenvalue weighted by Gasteiger charge is -2.25. The Hall–Kier alpha value is -4.33. The minimum atomic E-state index is -0.858. The van der Waals surface area contributed by atoms with Gasteiger partial charge in [0.1, 0.15) is 23.0 Å². The average Bonchev–Trinajstić information content (AvgIpc) is 3.14. The van der Waals surface area contributed by atoms with Gasteiger partial charge in [-0.25, -0.2) is 0 Å². The largest absolute Gasteiger partial charge is 0.507 e. The average molecular weight is 489 g/mol. The van der Waals surface area contributed by atoms with Crippen molar-refractivity contribution in [3.63, 3.8) is 0 Å². The molecule has 3 aromatic rings. The number of hydrogen-bond donors (Lipinski definition) is 1. The predicted octanol–water partition coefficient (Wildman–Crippen LogP) is 4.51. The molecule has 8 nitrogen and oxygen atoms in total. The quantitative estimate of drug-likeness (QED) is 0.269. The molecule has 1 aromatic heterocycles. The van der Waals surface area contributed by atoms with E-state index in [4.69, 9.17) is 14.2 Å². The Morgan fingerprint density at radius 1 is 0.972 bits per heavy atom. The number of hydrogen-bond acceptors (Lipinski definition) is 7. The Balaban J connectivity index is 1.89. The number of rotatable bonds is 9. The second-order valence-corrected chi connectivity index (χ2v) is 8.05.